The fourth-order valence-electron chi connectivity index (χ4n) is 3.59. The molecule has 0 amide bonds. The Labute approximate surface area is 111 Å². The zero-order valence-corrected chi connectivity index (χ0v) is 12.0. The smallest absolute Gasteiger partial charge is 0.0662 e. The van der Waals surface area contributed by atoms with E-state index in [-0.39, 0.29) is 5.54 Å². The van der Waals surface area contributed by atoms with Crippen molar-refractivity contribution in [2.24, 2.45) is 5.73 Å². The van der Waals surface area contributed by atoms with Crippen LogP contribution < -0.4 is 5.73 Å². The molecule has 2 N–H and O–H groups in total. The van der Waals surface area contributed by atoms with Crippen LogP contribution in [0, 0.1) is 0 Å². The van der Waals surface area contributed by atoms with Crippen molar-refractivity contribution in [3.8, 4) is 0 Å². The van der Waals surface area contributed by atoms with Crippen molar-refractivity contribution >= 4 is 0 Å². The topological polar surface area (TPSA) is 41.7 Å². The molecule has 106 valence electrons. The summed E-state index contributed by atoms with van der Waals surface area (Å²) >= 11 is 0. The molecule has 0 radical (unpaired) electrons. The second-order valence-corrected chi connectivity index (χ2v) is 5.69. The third-order valence-electron chi connectivity index (χ3n) is 4.84. The Bertz CT molecular complexity index is 249. The summed E-state index contributed by atoms with van der Waals surface area (Å²) in [7, 11) is 0. The van der Waals surface area contributed by atoms with Gasteiger partial charge in [-0.05, 0) is 32.4 Å². The average Bonchev–Trinajstić information content (AvgIpc) is 2.91. The fourth-order valence-corrected chi connectivity index (χ4v) is 3.59. The first-order valence-electron chi connectivity index (χ1n) is 7.52. The van der Waals surface area contributed by atoms with Crippen LogP contribution >= 0.6 is 0 Å². The maximum Gasteiger partial charge on any atom is 0.0662 e. The van der Waals surface area contributed by atoms with Gasteiger partial charge in [-0.2, -0.15) is 0 Å². The van der Waals surface area contributed by atoms with Gasteiger partial charge in [0.05, 0.1) is 12.1 Å². The van der Waals surface area contributed by atoms with Crippen molar-refractivity contribution in [1.82, 2.24) is 9.80 Å². The Morgan fingerprint density at radius 1 is 1.39 bits per heavy atom. The van der Waals surface area contributed by atoms with E-state index in [0.29, 0.717) is 6.04 Å². The molecule has 4 heteroatoms. The average molecular weight is 255 g/mol. The molecule has 0 spiro atoms. The van der Waals surface area contributed by atoms with Crippen LogP contribution in [0.1, 0.15) is 33.1 Å². The molecule has 0 aromatic heterocycles. The molecular formula is C14H29N3O. The van der Waals surface area contributed by atoms with Crippen LogP contribution in [0.4, 0.5) is 0 Å². The maximum atomic E-state index is 6.07. The summed E-state index contributed by atoms with van der Waals surface area (Å²) in [6.45, 7) is 11.6. The van der Waals surface area contributed by atoms with Crippen molar-refractivity contribution in [3.63, 3.8) is 0 Å². The van der Waals surface area contributed by atoms with E-state index in [1.54, 1.807) is 0 Å². The van der Waals surface area contributed by atoms with E-state index in [9.17, 15) is 0 Å². The Hall–Kier alpha value is -0.160. The lowest BCUT2D eigenvalue weighted by Gasteiger charge is -2.44. The van der Waals surface area contributed by atoms with Gasteiger partial charge in [0.25, 0.3) is 0 Å². The first-order valence-corrected chi connectivity index (χ1v) is 7.52. The van der Waals surface area contributed by atoms with Gasteiger partial charge < -0.3 is 10.5 Å². The summed E-state index contributed by atoms with van der Waals surface area (Å²) in [5.74, 6) is 0. The Kier molecular flexibility index (Phi) is 5.01. The van der Waals surface area contributed by atoms with E-state index in [2.05, 4.69) is 23.6 Å². The molecule has 18 heavy (non-hydrogen) atoms. The number of hydrogen-bond acceptors (Lipinski definition) is 4. The second-order valence-electron chi connectivity index (χ2n) is 5.69. The van der Waals surface area contributed by atoms with Gasteiger partial charge in [0.1, 0.15) is 0 Å². The third-order valence-corrected chi connectivity index (χ3v) is 4.84. The summed E-state index contributed by atoms with van der Waals surface area (Å²) in [5, 5.41) is 0. The van der Waals surface area contributed by atoms with Crippen LogP contribution in [0.2, 0.25) is 0 Å². The van der Waals surface area contributed by atoms with Crippen molar-refractivity contribution in [2.75, 3.05) is 45.9 Å². The summed E-state index contributed by atoms with van der Waals surface area (Å²) in [6.07, 6.45) is 3.64. The number of nitrogens with zero attached hydrogens (tertiary/aromatic N) is 2. The maximum absolute atomic E-state index is 6.07. The molecule has 2 rings (SSSR count). The molecule has 2 aliphatic heterocycles. The lowest BCUT2D eigenvalue weighted by molar-refractivity contribution is -0.0377. The van der Waals surface area contributed by atoms with Gasteiger partial charge >= 0.3 is 0 Å². The van der Waals surface area contributed by atoms with Gasteiger partial charge in [0, 0.05) is 32.3 Å². The minimum Gasteiger partial charge on any atom is -0.379 e. The number of ether oxygens (including phenoxy) is 1. The minimum absolute atomic E-state index is 0.125. The molecule has 2 fully saturated rings. The highest BCUT2D eigenvalue weighted by molar-refractivity contribution is 4.98. The van der Waals surface area contributed by atoms with Crippen molar-refractivity contribution < 1.29 is 4.74 Å². The standard InChI is InChI=1S/C14H29N3O/c1-3-16(4-2)13-6-8-17(10-13)14(11-15)7-5-9-18-12-14/h13H,3-12,15H2,1-2H3. The molecule has 2 unspecified atom stereocenters. The van der Waals surface area contributed by atoms with Crippen LogP contribution in [0.15, 0.2) is 0 Å². The first kappa shape index (κ1) is 14.3. The summed E-state index contributed by atoms with van der Waals surface area (Å²) in [6, 6.07) is 0.713. The summed E-state index contributed by atoms with van der Waals surface area (Å²) < 4.78 is 5.70. The predicted molar refractivity (Wildman–Crippen MR) is 74.7 cm³/mol. The molecule has 0 bridgehead atoms. The monoisotopic (exact) mass is 255 g/mol. The van der Waals surface area contributed by atoms with Crippen molar-refractivity contribution in [3.05, 3.63) is 0 Å². The number of hydrogen-bond donors (Lipinski definition) is 1. The van der Waals surface area contributed by atoms with Crippen LogP contribution in [0.25, 0.3) is 0 Å². The van der Waals surface area contributed by atoms with E-state index in [0.717, 1.165) is 39.3 Å². The zero-order valence-electron chi connectivity index (χ0n) is 12.0. The molecule has 0 aromatic rings. The molecule has 2 saturated heterocycles. The first-order chi connectivity index (χ1) is 8.75. The van der Waals surface area contributed by atoms with Crippen LogP contribution in [-0.4, -0.2) is 67.3 Å². The largest absolute Gasteiger partial charge is 0.379 e. The normalized spacial score (nSPS) is 34.3. The van der Waals surface area contributed by atoms with E-state index in [1.807, 2.05) is 0 Å². The van der Waals surface area contributed by atoms with Crippen molar-refractivity contribution in [2.45, 2.75) is 44.7 Å². The van der Waals surface area contributed by atoms with Gasteiger partial charge in [0.2, 0.25) is 0 Å². The van der Waals surface area contributed by atoms with E-state index >= 15 is 0 Å². The third kappa shape index (κ3) is 2.72. The SMILES string of the molecule is CCN(CC)C1CCN(C2(CN)CCCOC2)C1. The van der Waals surface area contributed by atoms with Crippen LogP contribution in [0.5, 0.6) is 0 Å². The molecular weight excluding hydrogens is 226 g/mol. The Morgan fingerprint density at radius 3 is 2.72 bits per heavy atom. The van der Waals surface area contributed by atoms with Gasteiger partial charge in [-0.3, -0.25) is 9.80 Å². The van der Waals surface area contributed by atoms with Gasteiger partial charge in [-0.15, -0.1) is 0 Å². The Morgan fingerprint density at radius 2 is 2.17 bits per heavy atom. The molecule has 0 aliphatic carbocycles. The highest BCUT2D eigenvalue weighted by Crippen LogP contribution is 2.30. The van der Waals surface area contributed by atoms with E-state index < -0.39 is 0 Å². The van der Waals surface area contributed by atoms with Crippen LogP contribution in [-0.2, 0) is 4.74 Å². The fraction of sp³-hybridized carbons (Fsp3) is 1.00. The number of likely N-dealkylation sites (N-methyl/N-ethyl adjacent to an activating group) is 1. The number of nitrogens with two attached hydrogens (primary N) is 1. The second kappa shape index (κ2) is 6.33. The van der Waals surface area contributed by atoms with Gasteiger partial charge in [-0.1, -0.05) is 13.8 Å². The highest BCUT2D eigenvalue weighted by Gasteiger charge is 2.41. The van der Waals surface area contributed by atoms with Crippen LogP contribution in [0.3, 0.4) is 0 Å². The van der Waals surface area contributed by atoms with Gasteiger partial charge in [-0.25, -0.2) is 0 Å². The highest BCUT2D eigenvalue weighted by atomic mass is 16.5. The molecule has 2 heterocycles. The summed E-state index contributed by atoms with van der Waals surface area (Å²) in [5.41, 5.74) is 6.19. The minimum atomic E-state index is 0.125. The van der Waals surface area contributed by atoms with E-state index in [1.165, 1.54) is 25.9 Å². The Balaban J connectivity index is 1.97. The molecule has 4 nitrogen and oxygen atoms in total. The lowest BCUT2D eigenvalue weighted by Crippen LogP contribution is -2.58. The number of likely N-dealkylation sites (tertiary alicyclic amines) is 1. The van der Waals surface area contributed by atoms with Crippen molar-refractivity contribution in [1.29, 1.82) is 0 Å². The quantitative estimate of drug-likeness (QED) is 0.793. The number of rotatable bonds is 5. The summed E-state index contributed by atoms with van der Waals surface area (Å²) in [4.78, 5) is 5.18. The predicted octanol–water partition coefficient (Wildman–Crippen LogP) is 0.910. The van der Waals surface area contributed by atoms with Gasteiger partial charge in [0.15, 0.2) is 0 Å². The molecule has 2 aliphatic rings. The molecule has 2 atom stereocenters. The zero-order chi connectivity index (χ0) is 13.0. The lowest BCUT2D eigenvalue weighted by atomic mass is 9.90. The van der Waals surface area contributed by atoms with E-state index in [4.69, 9.17) is 10.5 Å². The molecule has 0 saturated carbocycles. The molecule has 0 aromatic carbocycles.